The maximum Gasteiger partial charge on any atom is 0.183 e. The largest absolute Gasteiger partial charge is 0.395 e. The molecule has 0 unspecified atom stereocenters. The van der Waals surface area contributed by atoms with Crippen molar-refractivity contribution in [3.8, 4) is 0 Å². The molecule has 0 atom stereocenters. The van der Waals surface area contributed by atoms with E-state index in [4.69, 9.17) is 16.7 Å². The summed E-state index contributed by atoms with van der Waals surface area (Å²) < 4.78 is 0.584. The lowest BCUT2D eigenvalue weighted by atomic mass is 10.4. The fourth-order valence-electron chi connectivity index (χ4n) is 1.30. The average molecular weight is 235 g/mol. The molecule has 80 valence electrons. The van der Waals surface area contributed by atoms with Gasteiger partial charge in [0.05, 0.1) is 6.61 Å². The van der Waals surface area contributed by atoms with Gasteiger partial charge in [0.25, 0.3) is 0 Å². The van der Waals surface area contributed by atoms with E-state index in [9.17, 15) is 0 Å². The first kappa shape index (κ1) is 11.9. The van der Waals surface area contributed by atoms with Gasteiger partial charge in [-0.25, -0.2) is 4.98 Å². The Labute approximate surface area is 93.3 Å². The number of nitrogens with zero attached hydrogens (tertiary/aromatic N) is 2. The average Bonchev–Trinajstić information content (AvgIpc) is 2.52. The van der Waals surface area contributed by atoms with Gasteiger partial charge < -0.3 is 5.11 Å². The van der Waals surface area contributed by atoms with Gasteiger partial charge in [-0.3, -0.25) is 4.90 Å². The number of aliphatic hydroxyl groups excluding tert-OH is 1. The fraction of sp³-hybridized carbons (Fsp3) is 0.667. The topological polar surface area (TPSA) is 36.4 Å². The van der Waals surface area contributed by atoms with Crippen LogP contribution in [0.3, 0.4) is 0 Å². The zero-order valence-electron chi connectivity index (χ0n) is 8.24. The summed E-state index contributed by atoms with van der Waals surface area (Å²) in [6.45, 7) is 4.87. The highest BCUT2D eigenvalue weighted by molar-refractivity contribution is 7.15. The summed E-state index contributed by atoms with van der Waals surface area (Å²) >= 11 is 7.24. The van der Waals surface area contributed by atoms with Gasteiger partial charge in [0.2, 0.25) is 0 Å². The molecule has 0 amide bonds. The number of rotatable bonds is 6. The van der Waals surface area contributed by atoms with Crippen molar-refractivity contribution in [2.45, 2.75) is 19.9 Å². The standard InChI is InChI=1S/C9H15ClN2OS/c1-2-3-12(4-5-13)7-8-6-11-9(10)14-8/h6,13H,2-5,7H2,1H3. The molecule has 0 radical (unpaired) electrons. The molecule has 1 N–H and O–H groups in total. The van der Waals surface area contributed by atoms with Crippen LogP contribution in [-0.4, -0.2) is 34.7 Å². The molecule has 0 bridgehead atoms. The second-order valence-electron chi connectivity index (χ2n) is 3.08. The number of hydrogen-bond acceptors (Lipinski definition) is 4. The second kappa shape index (κ2) is 6.35. The minimum atomic E-state index is 0.201. The van der Waals surface area contributed by atoms with Gasteiger partial charge in [-0.2, -0.15) is 0 Å². The van der Waals surface area contributed by atoms with Crippen molar-refractivity contribution >= 4 is 22.9 Å². The molecule has 0 fully saturated rings. The van der Waals surface area contributed by atoms with Crippen LogP contribution in [0.4, 0.5) is 0 Å². The zero-order chi connectivity index (χ0) is 10.4. The highest BCUT2D eigenvalue weighted by Crippen LogP contribution is 2.19. The smallest absolute Gasteiger partial charge is 0.183 e. The first-order chi connectivity index (χ1) is 6.76. The van der Waals surface area contributed by atoms with Crippen molar-refractivity contribution in [3.05, 3.63) is 15.5 Å². The molecule has 0 saturated carbocycles. The molecule has 0 aliphatic carbocycles. The number of aromatic nitrogens is 1. The molecule has 0 aliphatic heterocycles. The van der Waals surface area contributed by atoms with Gasteiger partial charge in [0.15, 0.2) is 4.47 Å². The first-order valence-corrected chi connectivity index (χ1v) is 5.89. The highest BCUT2D eigenvalue weighted by atomic mass is 35.5. The van der Waals surface area contributed by atoms with E-state index in [1.807, 2.05) is 0 Å². The molecule has 0 aliphatic rings. The molecule has 1 aromatic heterocycles. The third-order valence-corrected chi connectivity index (χ3v) is 2.96. The van der Waals surface area contributed by atoms with Gasteiger partial charge in [-0.15, -0.1) is 11.3 Å². The fourth-order valence-corrected chi connectivity index (χ4v) is 2.33. The summed E-state index contributed by atoms with van der Waals surface area (Å²) in [5, 5.41) is 8.87. The molecule has 3 nitrogen and oxygen atoms in total. The van der Waals surface area contributed by atoms with E-state index in [0.29, 0.717) is 11.0 Å². The summed E-state index contributed by atoms with van der Waals surface area (Å²) in [6.07, 6.45) is 2.89. The molecule has 14 heavy (non-hydrogen) atoms. The molecule has 0 saturated heterocycles. The van der Waals surface area contributed by atoms with E-state index in [0.717, 1.165) is 24.4 Å². The van der Waals surface area contributed by atoms with Gasteiger partial charge in [-0.05, 0) is 13.0 Å². The van der Waals surface area contributed by atoms with E-state index in [-0.39, 0.29) is 6.61 Å². The quantitative estimate of drug-likeness (QED) is 0.818. The Morgan fingerprint density at radius 2 is 2.36 bits per heavy atom. The molecule has 1 rings (SSSR count). The molecule has 5 heteroatoms. The van der Waals surface area contributed by atoms with E-state index < -0.39 is 0 Å². The minimum absolute atomic E-state index is 0.201. The first-order valence-electron chi connectivity index (χ1n) is 4.69. The SMILES string of the molecule is CCCN(CCO)Cc1cnc(Cl)s1. The molecule has 1 heterocycles. The van der Waals surface area contributed by atoms with Crippen molar-refractivity contribution < 1.29 is 5.11 Å². The predicted molar refractivity (Wildman–Crippen MR) is 59.8 cm³/mol. The van der Waals surface area contributed by atoms with Crippen LogP contribution in [0.15, 0.2) is 6.20 Å². The van der Waals surface area contributed by atoms with Crippen molar-refractivity contribution in [2.24, 2.45) is 0 Å². The van der Waals surface area contributed by atoms with Gasteiger partial charge >= 0.3 is 0 Å². The van der Waals surface area contributed by atoms with Gasteiger partial charge in [0, 0.05) is 24.2 Å². The summed E-state index contributed by atoms with van der Waals surface area (Å²) in [6, 6.07) is 0. The lowest BCUT2D eigenvalue weighted by Gasteiger charge is -2.18. The van der Waals surface area contributed by atoms with Crippen molar-refractivity contribution in [1.82, 2.24) is 9.88 Å². The summed E-state index contributed by atoms with van der Waals surface area (Å²) in [4.78, 5) is 7.33. The number of hydrogen-bond donors (Lipinski definition) is 1. The normalized spacial score (nSPS) is 11.1. The monoisotopic (exact) mass is 234 g/mol. The zero-order valence-corrected chi connectivity index (χ0v) is 9.81. The Morgan fingerprint density at radius 1 is 1.57 bits per heavy atom. The van der Waals surface area contributed by atoms with Crippen LogP contribution < -0.4 is 0 Å². The maximum atomic E-state index is 8.87. The predicted octanol–water partition coefficient (Wildman–Crippen LogP) is 2.00. The number of aliphatic hydroxyl groups is 1. The van der Waals surface area contributed by atoms with Crippen LogP contribution in [0.1, 0.15) is 18.2 Å². The Kier molecular flexibility index (Phi) is 5.40. The van der Waals surface area contributed by atoms with Crippen LogP contribution in [0.5, 0.6) is 0 Å². The summed E-state index contributed by atoms with van der Waals surface area (Å²) in [7, 11) is 0. The Bertz CT molecular complexity index is 261. The highest BCUT2D eigenvalue weighted by Gasteiger charge is 2.06. The van der Waals surface area contributed by atoms with Gasteiger partial charge in [0.1, 0.15) is 0 Å². The number of halogens is 1. The lowest BCUT2D eigenvalue weighted by Crippen LogP contribution is -2.26. The van der Waals surface area contributed by atoms with E-state index in [1.54, 1.807) is 6.20 Å². The Morgan fingerprint density at radius 3 is 2.86 bits per heavy atom. The number of thiazole rings is 1. The third-order valence-electron chi connectivity index (χ3n) is 1.86. The molecule has 0 spiro atoms. The van der Waals surface area contributed by atoms with Crippen molar-refractivity contribution in [3.63, 3.8) is 0 Å². The molecule has 1 aromatic rings. The molecule has 0 aromatic carbocycles. The Balaban J connectivity index is 2.46. The van der Waals surface area contributed by atoms with Crippen molar-refractivity contribution in [2.75, 3.05) is 19.7 Å². The van der Waals surface area contributed by atoms with Crippen LogP contribution in [-0.2, 0) is 6.54 Å². The van der Waals surface area contributed by atoms with Gasteiger partial charge in [-0.1, -0.05) is 18.5 Å². The van der Waals surface area contributed by atoms with E-state index in [1.165, 1.54) is 11.3 Å². The van der Waals surface area contributed by atoms with Crippen LogP contribution in [0.2, 0.25) is 4.47 Å². The summed E-state index contributed by atoms with van der Waals surface area (Å²) in [5.41, 5.74) is 0. The van der Waals surface area contributed by atoms with E-state index >= 15 is 0 Å². The second-order valence-corrected chi connectivity index (χ2v) is 4.78. The molecular weight excluding hydrogens is 220 g/mol. The maximum absolute atomic E-state index is 8.87. The van der Waals surface area contributed by atoms with Crippen LogP contribution in [0.25, 0.3) is 0 Å². The van der Waals surface area contributed by atoms with Crippen LogP contribution in [0, 0.1) is 0 Å². The van der Waals surface area contributed by atoms with E-state index in [2.05, 4.69) is 16.8 Å². The molecular formula is C9H15ClN2OS. The lowest BCUT2D eigenvalue weighted by molar-refractivity contribution is 0.191. The van der Waals surface area contributed by atoms with Crippen molar-refractivity contribution in [1.29, 1.82) is 0 Å². The Hall–Kier alpha value is -0.160. The summed E-state index contributed by atoms with van der Waals surface area (Å²) in [5.74, 6) is 0. The third kappa shape index (κ3) is 3.92. The minimum Gasteiger partial charge on any atom is -0.395 e. The van der Waals surface area contributed by atoms with Crippen LogP contribution >= 0.6 is 22.9 Å².